The summed E-state index contributed by atoms with van der Waals surface area (Å²) < 4.78 is 27.5. The van der Waals surface area contributed by atoms with Crippen LogP contribution in [0.25, 0.3) is 21.3 Å². The van der Waals surface area contributed by atoms with Crippen LogP contribution in [0.15, 0.2) is 42.6 Å². The number of likely N-dealkylation sites (tertiary alicyclic amines) is 1. The number of hydrogen-bond acceptors (Lipinski definition) is 15. The van der Waals surface area contributed by atoms with Crippen molar-refractivity contribution in [1.29, 1.82) is 0 Å². The van der Waals surface area contributed by atoms with Crippen molar-refractivity contribution in [2.75, 3.05) is 96.2 Å². The van der Waals surface area contributed by atoms with E-state index in [0.717, 1.165) is 101 Å². The normalized spacial score (nSPS) is 24.6. The Labute approximate surface area is 428 Å². The molecule has 6 heterocycles. The van der Waals surface area contributed by atoms with Crippen LogP contribution in [0.1, 0.15) is 112 Å². The van der Waals surface area contributed by atoms with E-state index >= 15 is 0 Å². The number of likely N-dealkylation sites (N-methyl/N-ethyl adjacent to an activating group) is 1. The van der Waals surface area contributed by atoms with Crippen LogP contribution in [0.2, 0.25) is 0 Å². The van der Waals surface area contributed by atoms with Gasteiger partial charge in [0.05, 0.1) is 68.3 Å². The fraction of sp³-hybridized carbons (Fsp3) is 0.618. The smallest absolute Gasteiger partial charge is 0.273 e. The van der Waals surface area contributed by atoms with Gasteiger partial charge in [-0.25, -0.2) is 9.97 Å². The molecule has 1 aromatic carbocycles. The molecule has 1 saturated heterocycles. The molecule has 2 aliphatic heterocycles. The topological polar surface area (TPSA) is 162 Å². The third-order valence-electron chi connectivity index (χ3n) is 16.1. The number of para-hydroxylation sites is 1. The van der Waals surface area contributed by atoms with Gasteiger partial charge in [-0.3, -0.25) is 14.3 Å². The summed E-state index contributed by atoms with van der Waals surface area (Å²) in [4.78, 5) is 42.4. The molecule has 72 heavy (non-hydrogen) atoms. The van der Waals surface area contributed by atoms with Crippen molar-refractivity contribution in [1.82, 2.24) is 39.7 Å². The first-order valence-electron chi connectivity index (χ1n) is 26.4. The van der Waals surface area contributed by atoms with Gasteiger partial charge in [-0.1, -0.05) is 37.3 Å². The molecule has 5 aromatic rings. The summed E-state index contributed by atoms with van der Waals surface area (Å²) in [6.45, 7) is 19.3. The van der Waals surface area contributed by atoms with E-state index in [2.05, 4.69) is 53.6 Å². The second kappa shape index (κ2) is 21.1. The highest BCUT2D eigenvalue weighted by molar-refractivity contribution is 7.22. The van der Waals surface area contributed by atoms with Crippen molar-refractivity contribution in [2.24, 2.45) is 16.2 Å². The molecule has 1 amide bonds. The Morgan fingerprint density at radius 1 is 0.806 bits per heavy atom. The summed E-state index contributed by atoms with van der Waals surface area (Å²) in [6.07, 6.45) is 13.6. The lowest BCUT2D eigenvalue weighted by Crippen LogP contribution is -2.64. The first-order chi connectivity index (χ1) is 34.7. The fourth-order valence-corrected chi connectivity index (χ4v) is 14.8. The standard InChI is InChI=1S/C55H74N10O6S/c1-38(66)17-23-68-26-28-70-29-27-69-24-21-62(6)50(67)47-42(15-16-46(58-47)64-20-11-12-41-39(2)48(60-61-49(41)64)59-51-57-44-13-7-8-14-45(44)72-51)43-30-56-65(40(43)3)37-54-32-52(4)31-53(5,33-54)35-55(34-52,36-54)71-25-22-63-18-9-10-19-63/h7-8,13-16,30H,9-12,17-29,31-37H2,1-6H3,(H,57,59,60). The average Bonchev–Trinajstić information content (AvgIpc) is 4.10. The highest BCUT2D eigenvalue weighted by Gasteiger charge is 2.66. The molecule has 4 aromatic heterocycles. The summed E-state index contributed by atoms with van der Waals surface area (Å²) in [5.41, 5.74) is 6.55. The lowest BCUT2D eigenvalue weighted by molar-refractivity contribution is -0.248. The third kappa shape index (κ3) is 11.0. The maximum Gasteiger partial charge on any atom is 0.273 e. The molecular weight excluding hydrogens is 929 g/mol. The number of amides is 1. The minimum Gasteiger partial charge on any atom is -0.379 e. The number of thiazole rings is 1. The van der Waals surface area contributed by atoms with Gasteiger partial charge in [0.1, 0.15) is 17.3 Å². The monoisotopic (exact) mass is 1000 g/mol. The number of rotatable bonds is 23. The van der Waals surface area contributed by atoms with Crippen LogP contribution < -0.4 is 10.2 Å². The summed E-state index contributed by atoms with van der Waals surface area (Å²) >= 11 is 1.59. The Bertz CT molecular complexity index is 2700. The molecule has 386 valence electrons. The molecule has 1 N–H and O–H groups in total. The van der Waals surface area contributed by atoms with Gasteiger partial charge in [0.2, 0.25) is 0 Å². The van der Waals surface area contributed by atoms with Crippen LogP contribution in [0.4, 0.5) is 22.6 Å². The highest BCUT2D eigenvalue weighted by atomic mass is 32.1. The Balaban J connectivity index is 0.887. The van der Waals surface area contributed by atoms with Crippen LogP contribution >= 0.6 is 11.3 Å². The lowest BCUT2D eigenvalue weighted by atomic mass is 9.39. The van der Waals surface area contributed by atoms with Gasteiger partial charge in [0, 0.05) is 67.6 Å². The number of aromatic nitrogens is 6. The lowest BCUT2D eigenvalue weighted by Gasteiger charge is -2.69. The number of nitrogens with zero attached hydrogens (tertiary/aromatic N) is 9. The number of carbonyl (C=O) groups excluding carboxylic acids is 2. The highest BCUT2D eigenvalue weighted by Crippen LogP contribution is 2.72. The van der Waals surface area contributed by atoms with Gasteiger partial charge >= 0.3 is 0 Å². The van der Waals surface area contributed by atoms with Crippen molar-refractivity contribution < 1.29 is 28.5 Å². The van der Waals surface area contributed by atoms with Gasteiger partial charge in [-0.2, -0.15) is 5.10 Å². The van der Waals surface area contributed by atoms with E-state index in [1.54, 1.807) is 30.2 Å². The zero-order chi connectivity index (χ0) is 50.1. The summed E-state index contributed by atoms with van der Waals surface area (Å²) in [6, 6.07) is 12.2. The maximum atomic E-state index is 14.8. The molecule has 2 atom stereocenters. The van der Waals surface area contributed by atoms with Crippen LogP contribution in [-0.4, -0.2) is 143 Å². The van der Waals surface area contributed by atoms with Gasteiger partial charge in [0.15, 0.2) is 16.8 Å². The predicted octanol–water partition coefficient (Wildman–Crippen LogP) is 9.12. The second-order valence-corrected chi connectivity index (χ2v) is 23.5. The summed E-state index contributed by atoms with van der Waals surface area (Å²) in [5, 5.41) is 18.9. The van der Waals surface area contributed by atoms with Crippen molar-refractivity contribution in [2.45, 2.75) is 117 Å². The van der Waals surface area contributed by atoms with Gasteiger partial charge in [0.25, 0.3) is 5.91 Å². The van der Waals surface area contributed by atoms with Gasteiger partial charge in [-0.15, -0.1) is 10.2 Å². The minimum atomic E-state index is -0.202. The minimum absolute atomic E-state index is 0.0700. The predicted molar refractivity (Wildman–Crippen MR) is 281 cm³/mol. The van der Waals surface area contributed by atoms with Crippen LogP contribution in [0, 0.1) is 30.1 Å². The molecule has 4 saturated carbocycles. The SMILES string of the molecule is CC(=O)CCOCCOCCOCCN(C)C(=O)c1nc(N2CCCc3c2nnc(Nc2nc4ccccc4s2)c3C)ccc1-c1cnn(CC23CC4(C)CC(C)(C2)CC(OCCN2CCCC2)(C4)C3)c1C. The molecule has 0 radical (unpaired) electrons. The number of pyridine rings is 1. The number of carbonyl (C=O) groups is 2. The Morgan fingerprint density at radius 2 is 1.54 bits per heavy atom. The average molecular weight is 1000 g/mol. The van der Waals surface area contributed by atoms with E-state index in [4.69, 9.17) is 44.2 Å². The van der Waals surface area contributed by atoms with E-state index in [0.29, 0.717) is 76.5 Å². The Hall–Kier alpha value is -4.91. The molecule has 4 bridgehead atoms. The summed E-state index contributed by atoms with van der Waals surface area (Å²) in [7, 11) is 1.80. The Morgan fingerprint density at radius 3 is 2.29 bits per heavy atom. The number of hydrogen-bond donors (Lipinski definition) is 1. The number of anilines is 4. The number of nitrogens with one attached hydrogen (secondary N) is 1. The molecule has 11 rings (SSSR count). The van der Waals surface area contributed by atoms with Crippen LogP contribution in [-0.2, 0) is 36.7 Å². The van der Waals surface area contributed by atoms with Crippen LogP contribution in [0.5, 0.6) is 0 Å². The van der Waals surface area contributed by atoms with Crippen molar-refractivity contribution in [3.8, 4) is 11.1 Å². The fourth-order valence-electron chi connectivity index (χ4n) is 13.9. The number of fused-ring (bicyclic) bond motifs is 2. The quantitative estimate of drug-likeness (QED) is 0.0617. The number of Topliss-reactive ketones (excluding diaryl/α,β-unsaturated/α-hetero) is 1. The molecule has 16 nitrogen and oxygen atoms in total. The van der Waals surface area contributed by atoms with E-state index < -0.39 is 0 Å². The van der Waals surface area contributed by atoms with Crippen molar-refractivity contribution in [3.63, 3.8) is 0 Å². The molecule has 5 fully saturated rings. The largest absolute Gasteiger partial charge is 0.379 e. The van der Waals surface area contributed by atoms with Gasteiger partial charge < -0.3 is 39.0 Å². The zero-order valence-corrected chi connectivity index (χ0v) is 44.2. The number of ketones is 1. The first kappa shape index (κ1) is 50.6. The van der Waals surface area contributed by atoms with E-state index in [1.165, 1.54) is 45.2 Å². The van der Waals surface area contributed by atoms with E-state index in [9.17, 15) is 9.59 Å². The maximum absolute atomic E-state index is 14.8. The number of ether oxygens (including phenoxy) is 4. The second-order valence-electron chi connectivity index (χ2n) is 22.5. The molecule has 0 spiro atoms. The third-order valence-corrected chi connectivity index (χ3v) is 17.0. The van der Waals surface area contributed by atoms with Crippen LogP contribution in [0.3, 0.4) is 0 Å². The molecular formula is C55H74N10O6S. The Kier molecular flexibility index (Phi) is 14.9. The first-order valence-corrected chi connectivity index (χ1v) is 27.2. The molecule has 4 aliphatic carbocycles. The number of benzene rings is 1. The van der Waals surface area contributed by atoms with E-state index in [1.807, 2.05) is 36.5 Å². The van der Waals surface area contributed by atoms with Crippen molar-refractivity contribution in [3.05, 3.63) is 65.1 Å². The molecule has 17 heteroatoms. The molecule has 2 unspecified atom stereocenters. The van der Waals surface area contributed by atoms with Crippen molar-refractivity contribution >= 4 is 55.8 Å². The van der Waals surface area contributed by atoms with E-state index in [-0.39, 0.29) is 33.5 Å². The summed E-state index contributed by atoms with van der Waals surface area (Å²) in [5.74, 6) is 1.98. The molecule has 6 aliphatic rings. The van der Waals surface area contributed by atoms with Gasteiger partial charge in [-0.05, 0) is 139 Å². The zero-order valence-electron chi connectivity index (χ0n) is 43.4.